The van der Waals surface area contributed by atoms with Crippen molar-refractivity contribution in [1.29, 1.82) is 0 Å². The smallest absolute Gasteiger partial charge is 0.161 e. The molecule has 0 bridgehead atoms. The third kappa shape index (κ3) is 32.6. The molecule has 3 rings (SSSR count). The molecule has 1 N–H and O–H groups in total. The third-order valence-electron chi connectivity index (χ3n) is 8.91. The molecule has 0 amide bonds. The molecule has 0 aromatic heterocycles. The number of aliphatic hydroxyl groups is 1. The monoisotopic (exact) mass is 745 g/mol. The van der Waals surface area contributed by atoms with Crippen molar-refractivity contribution in [3.05, 3.63) is 108 Å². The number of aliphatic hydroxyl groups excluding tert-OH is 1. The molecule has 4 heteroatoms. The van der Waals surface area contributed by atoms with Crippen LogP contribution in [0.4, 0.5) is 0 Å². The summed E-state index contributed by atoms with van der Waals surface area (Å²) in [6.45, 7) is 36.2. The fourth-order valence-electron chi connectivity index (χ4n) is 4.19. The SMILES string of the molecule is CC.CC.CC.CCC(C)(C)c1ccccc1.CCC(C)(C)c1ccccc1.CCCC(C)(CC)c1ccccc1.CO.COC.COC(C)(C)OC. The van der Waals surface area contributed by atoms with Crippen LogP contribution in [-0.2, 0) is 30.5 Å². The topological polar surface area (TPSA) is 47.9 Å². The molecule has 3 aromatic rings. The van der Waals surface area contributed by atoms with Crippen molar-refractivity contribution in [2.45, 2.75) is 172 Å². The molecule has 0 radical (unpaired) electrons. The number of ether oxygens (including phenoxy) is 3. The summed E-state index contributed by atoms with van der Waals surface area (Å²) < 4.78 is 14.0. The predicted molar refractivity (Wildman–Crippen MR) is 242 cm³/mol. The first-order valence-electron chi connectivity index (χ1n) is 20.2. The molecule has 0 aliphatic carbocycles. The van der Waals surface area contributed by atoms with Gasteiger partial charge in [0.25, 0.3) is 0 Å². The lowest BCUT2D eigenvalue weighted by Gasteiger charge is -2.28. The van der Waals surface area contributed by atoms with Crippen LogP contribution >= 0.6 is 0 Å². The Labute approximate surface area is 333 Å². The van der Waals surface area contributed by atoms with Crippen LogP contribution in [-0.4, -0.2) is 46.4 Å². The van der Waals surface area contributed by atoms with Gasteiger partial charge in [-0.3, -0.25) is 0 Å². The summed E-state index contributed by atoms with van der Waals surface area (Å²) in [5.41, 5.74) is 5.41. The molecule has 0 aliphatic heterocycles. The third-order valence-corrected chi connectivity index (χ3v) is 8.91. The predicted octanol–water partition coefficient (Wildman–Crippen LogP) is 14.9. The van der Waals surface area contributed by atoms with Crippen LogP contribution in [0, 0.1) is 0 Å². The lowest BCUT2D eigenvalue weighted by atomic mass is 9.77. The molecular formula is C49H92O4. The van der Waals surface area contributed by atoms with Gasteiger partial charge in [-0.1, -0.05) is 201 Å². The fraction of sp³-hybridized carbons (Fsp3) is 0.633. The Bertz CT molecular complexity index is 1010. The minimum absolute atomic E-state index is 0.335. The van der Waals surface area contributed by atoms with E-state index in [9.17, 15) is 0 Å². The summed E-state index contributed by atoms with van der Waals surface area (Å²) in [6, 6.07) is 32.2. The van der Waals surface area contributed by atoms with Crippen molar-refractivity contribution in [3.63, 3.8) is 0 Å². The van der Waals surface area contributed by atoms with E-state index in [1.54, 1.807) is 28.4 Å². The van der Waals surface area contributed by atoms with E-state index < -0.39 is 5.79 Å². The summed E-state index contributed by atoms with van der Waals surface area (Å²) in [4.78, 5) is 0. The average molecular weight is 745 g/mol. The zero-order valence-corrected chi connectivity index (χ0v) is 39.4. The maximum absolute atomic E-state index is 7.00. The molecule has 0 spiro atoms. The number of hydrogen-bond acceptors (Lipinski definition) is 4. The molecule has 1 unspecified atom stereocenters. The molecule has 3 aromatic carbocycles. The molecular weight excluding hydrogens is 653 g/mol. The molecule has 4 nitrogen and oxygen atoms in total. The van der Waals surface area contributed by atoms with E-state index in [0.717, 1.165) is 7.11 Å². The molecule has 1 atom stereocenters. The highest BCUT2D eigenvalue weighted by atomic mass is 16.7. The standard InChI is InChI=1S/C13H20.2C11H16.C5H12O2.C2H6O.3C2H6.CH4O/c1-4-11-13(3,5-2)12-9-7-6-8-10-12;2*1-4-11(2,3)10-8-6-5-7-9-10;1-5(2,6-3)7-4;1-3-2;4*1-2/h6-10H,4-5,11H2,1-3H3;2*5-9H,4H2,1-3H3;1-4H3;1-2H3;3*1-2H3;2H,1H3. The van der Waals surface area contributed by atoms with Crippen molar-refractivity contribution in [2.75, 3.05) is 35.5 Å². The molecule has 312 valence electrons. The van der Waals surface area contributed by atoms with E-state index in [-0.39, 0.29) is 0 Å². The molecule has 0 saturated carbocycles. The Hall–Kier alpha value is -2.50. The molecule has 0 heterocycles. The van der Waals surface area contributed by atoms with Crippen LogP contribution < -0.4 is 0 Å². The fourth-order valence-corrected chi connectivity index (χ4v) is 4.19. The maximum Gasteiger partial charge on any atom is 0.161 e. The Morgan fingerprint density at radius 3 is 0.849 bits per heavy atom. The average Bonchev–Trinajstić information content (AvgIpc) is 3.23. The van der Waals surface area contributed by atoms with Crippen LogP contribution in [0.25, 0.3) is 0 Å². The van der Waals surface area contributed by atoms with Crippen LogP contribution in [0.3, 0.4) is 0 Å². The zero-order chi connectivity index (χ0) is 43.0. The van der Waals surface area contributed by atoms with Crippen LogP contribution in [0.2, 0.25) is 0 Å². The molecule has 53 heavy (non-hydrogen) atoms. The van der Waals surface area contributed by atoms with Gasteiger partial charge in [-0.2, -0.15) is 0 Å². The van der Waals surface area contributed by atoms with Crippen molar-refractivity contribution in [1.82, 2.24) is 0 Å². The number of methoxy groups -OCH3 is 3. The summed E-state index contributed by atoms with van der Waals surface area (Å²) >= 11 is 0. The second-order valence-electron chi connectivity index (χ2n) is 13.5. The lowest BCUT2D eigenvalue weighted by molar-refractivity contribution is -0.178. The van der Waals surface area contributed by atoms with E-state index in [1.807, 2.05) is 55.4 Å². The van der Waals surface area contributed by atoms with Gasteiger partial charge >= 0.3 is 0 Å². The van der Waals surface area contributed by atoms with Crippen molar-refractivity contribution >= 4 is 0 Å². The Morgan fingerprint density at radius 2 is 0.679 bits per heavy atom. The molecule has 0 fully saturated rings. The lowest BCUT2D eigenvalue weighted by Crippen LogP contribution is -2.24. The van der Waals surface area contributed by atoms with Gasteiger partial charge in [0.15, 0.2) is 5.79 Å². The van der Waals surface area contributed by atoms with E-state index >= 15 is 0 Å². The summed E-state index contributed by atoms with van der Waals surface area (Å²) in [5, 5.41) is 7.00. The van der Waals surface area contributed by atoms with Gasteiger partial charge in [0.05, 0.1) is 0 Å². The first-order chi connectivity index (χ1) is 25.1. The zero-order valence-electron chi connectivity index (χ0n) is 39.4. The Morgan fingerprint density at radius 1 is 0.434 bits per heavy atom. The van der Waals surface area contributed by atoms with Crippen molar-refractivity contribution in [3.8, 4) is 0 Å². The highest BCUT2D eigenvalue weighted by Gasteiger charge is 2.22. The molecule has 0 aliphatic rings. The quantitative estimate of drug-likeness (QED) is 0.210. The van der Waals surface area contributed by atoms with Gasteiger partial charge in [0, 0.05) is 35.5 Å². The largest absolute Gasteiger partial charge is 0.400 e. The Balaban J connectivity index is -0.000000129. The van der Waals surface area contributed by atoms with Crippen LogP contribution in [0.5, 0.6) is 0 Å². The van der Waals surface area contributed by atoms with E-state index in [4.69, 9.17) is 14.6 Å². The summed E-state index contributed by atoms with van der Waals surface area (Å²) in [6.07, 6.45) is 6.16. The van der Waals surface area contributed by atoms with E-state index in [1.165, 1.54) is 48.8 Å². The minimum atomic E-state index is -0.417. The van der Waals surface area contributed by atoms with Gasteiger partial charge in [0.1, 0.15) is 0 Å². The number of hydrogen-bond donors (Lipinski definition) is 1. The van der Waals surface area contributed by atoms with Crippen LogP contribution in [0.15, 0.2) is 91.0 Å². The first kappa shape index (κ1) is 62.5. The highest BCUT2D eigenvalue weighted by molar-refractivity contribution is 5.25. The van der Waals surface area contributed by atoms with Gasteiger partial charge in [-0.25, -0.2) is 0 Å². The maximum atomic E-state index is 7.00. The van der Waals surface area contributed by atoms with Gasteiger partial charge in [-0.05, 0) is 72.5 Å². The highest BCUT2D eigenvalue weighted by Crippen LogP contribution is 2.32. The first-order valence-corrected chi connectivity index (χ1v) is 20.2. The van der Waals surface area contributed by atoms with Gasteiger partial charge in [-0.15, -0.1) is 0 Å². The normalized spacial score (nSPS) is 10.9. The number of rotatable bonds is 10. The molecule has 0 saturated heterocycles. The minimum Gasteiger partial charge on any atom is -0.400 e. The summed E-state index contributed by atoms with van der Waals surface area (Å²) in [5.74, 6) is -0.417. The Kier molecular flexibility index (Phi) is 48.0. The van der Waals surface area contributed by atoms with Crippen LogP contribution in [0.1, 0.15) is 166 Å². The van der Waals surface area contributed by atoms with E-state index in [0.29, 0.717) is 16.2 Å². The van der Waals surface area contributed by atoms with Gasteiger partial charge in [0.2, 0.25) is 0 Å². The second-order valence-corrected chi connectivity index (χ2v) is 13.5. The van der Waals surface area contributed by atoms with Crippen molar-refractivity contribution < 1.29 is 19.3 Å². The van der Waals surface area contributed by atoms with E-state index in [2.05, 4.69) is 158 Å². The number of benzene rings is 3. The van der Waals surface area contributed by atoms with Crippen molar-refractivity contribution in [2.24, 2.45) is 0 Å². The van der Waals surface area contributed by atoms with Gasteiger partial charge < -0.3 is 19.3 Å². The summed E-state index contributed by atoms with van der Waals surface area (Å²) in [7, 11) is 7.48. The second kappa shape index (κ2) is 40.7.